The van der Waals surface area contributed by atoms with Crippen LogP contribution in [-0.2, 0) is 6.54 Å². The van der Waals surface area contributed by atoms with Crippen LogP contribution in [0.5, 0.6) is 17.2 Å². The predicted octanol–water partition coefficient (Wildman–Crippen LogP) is 3.83. The molecule has 0 bridgehead atoms. The summed E-state index contributed by atoms with van der Waals surface area (Å²) in [6, 6.07) is 12.0. The van der Waals surface area contributed by atoms with Crippen molar-refractivity contribution in [3.8, 4) is 17.2 Å². The summed E-state index contributed by atoms with van der Waals surface area (Å²) in [4.78, 5) is 2.35. The smallest absolute Gasteiger partial charge is 0.165 e. The van der Waals surface area contributed by atoms with Crippen molar-refractivity contribution >= 4 is 0 Å². The van der Waals surface area contributed by atoms with Gasteiger partial charge in [0.15, 0.2) is 23.1 Å². The second-order valence-corrected chi connectivity index (χ2v) is 6.49. The van der Waals surface area contributed by atoms with Crippen molar-refractivity contribution in [3.63, 3.8) is 0 Å². The molecule has 1 fully saturated rings. The molecule has 1 aliphatic rings. The summed E-state index contributed by atoms with van der Waals surface area (Å²) < 4.78 is 24.4. The normalized spacial score (nSPS) is 18.1. The fourth-order valence-corrected chi connectivity index (χ4v) is 3.29. The van der Waals surface area contributed by atoms with Gasteiger partial charge >= 0.3 is 0 Å². The zero-order valence-electron chi connectivity index (χ0n) is 14.5. The minimum atomic E-state index is -0.316. The van der Waals surface area contributed by atoms with Crippen LogP contribution in [0.4, 0.5) is 4.39 Å². The Balaban J connectivity index is 1.54. The van der Waals surface area contributed by atoms with Crippen LogP contribution in [0.2, 0.25) is 0 Å². The van der Waals surface area contributed by atoms with E-state index in [0.717, 1.165) is 38.0 Å². The van der Waals surface area contributed by atoms with Crippen molar-refractivity contribution in [2.24, 2.45) is 5.92 Å². The van der Waals surface area contributed by atoms with Crippen LogP contribution >= 0.6 is 0 Å². The molecular formula is C20H24FNO3. The van der Waals surface area contributed by atoms with Gasteiger partial charge in [-0.1, -0.05) is 18.2 Å². The number of methoxy groups -OCH3 is 1. The molecule has 0 aliphatic carbocycles. The molecular weight excluding hydrogens is 321 g/mol. The number of halogens is 1. The first-order valence-corrected chi connectivity index (χ1v) is 8.61. The third kappa shape index (κ3) is 4.63. The van der Waals surface area contributed by atoms with E-state index in [4.69, 9.17) is 9.47 Å². The SMILES string of the molecule is COc1ccc(CN2CCC[C@H](COc3ccccc3F)C2)cc1O. The maximum atomic E-state index is 13.6. The Morgan fingerprint density at radius 1 is 1.20 bits per heavy atom. The van der Waals surface area contributed by atoms with Crippen molar-refractivity contribution in [3.05, 3.63) is 53.8 Å². The molecule has 0 radical (unpaired) electrons. The molecule has 0 spiro atoms. The number of phenols is 1. The highest BCUT2D eigenvalue weighted by atomic mass is 19.1. The Morgan fingerprint density at radius 3 is 2.80 bits per heavy atom. The van der Waals surface area contributed by atoms with Gasteiger partial charge in [0.25, 0.3) is 0 Å². The highest BCUT2D eigenvalue weighted by molar-refractivity contribution is 5.41. The third-order valence-electron chi connectivity index (χ3n) is 4.56. The monoisotopic (exact) mass is 345 g/mol. The minimum Gasteiger partial charge on any atom is -0.504 e. The number of para-hydroxylation sites is 1. The van der Waals surface area contributed by atoms with Gasteiger partial charge in [-0.25, -0.2) is 4.39 Å². The fourth-order valence-electron chi connectivity index (χ4n) is 3.29. The quantitative estimate of drug-likeness (QED) is 0.864. The Kier molecular flexibility index (Phi) is 5.76. The van der Waals surface area contributed by atoms with Crippen LogP contribution < -0.4 is 9.47 Å². The second kappa shape index (κ2) is 8.21. The van der Waals surface area contributed by atoms with Gasteiger partial charge in [-0.15, -0.1) is 0 Å². The minimum absolute atomic E-state index is 0.163. The predicted molar refractivity (Wildman–Crippen MR) is 94.6 cm³/mol. The first-order chi connectivity index (χ1) is 12.2. The molecule has 1 atom stereocenters. The highest BCUT2D eigenvalue weighted by Gasteiger charge is 2.21. The van der Waals surface area contributed by atoms with E-state index in [1.165, 1.54) is 6.07 Å². The van der Waals surface area contributed by atoms with E-state index in [-0.39, 0.29) is 11.6 Å². The summed E-state index contributed by atoms with van der Waals surface area (Å²) in [6.07, 6.45) is 2.17. The summed E-state index contributed by atoms with van der Waals surface area (Å²) in [7, 11) is 1.54. The number of hydrogen-bond donors (Lipinski definition) is 1. The van der Waals surface area contributed by atoms with Gasteiger partial charge in [-0.05, 0) is 49.2 Å². The van der Waals surface area contributed by atoms with E-state index >= 15 is 0 Å². The molecule has 3 rings (SSSR count). The number of likely N-dealkylation sites (tertiary alicyclic amines) is 1. The van der Waals surface area contributed by atoms with Gasteiger partial charge in [0, 0.05) is 19.0 Å². The van der Waals surface area contributed by atoms with Crippen LogP contribution in [0.3, 0.4) is 0 Å². The molecule has 134 valence electrons. The standard InChI is InChI=1S/C20H24FNO3/c1-24-20-9-8-15(11-18(20)23)12-22-10-4-5-16(13-22)14-25-19-7-3-2-6-17(19)21/h2-3,6-9,11,16,23H,4-5,10,12-14H2,1H3/t16-/m0/s1. The molecule has 1 aliphatic heterocycles. The van der Waals surface area contributed by atoms with E-state index in [1.54, 1.807) is 37.4 Å². The summed E-state index contributed by atoms with van der Waals surface area (Å²) in [5, 5.41) is 9.91. The Labute approximate surface area is 147 Å². The van der Waals surface area contributed by atoms with Crippen molar-refractivity contribution in [1.29, 1.82) is 0 Å². The molecule has 2 aromatic rings. The van der Waals surface area contributed by atoms with Crippen molar-refractivity contribution < 1.29 is 19.0 Å². The van der Waals surface area contributed by atoms with Gasteiger partial charge in [0.05, 0.1) is 13.7 Å². The zero-order chi connectivity index (χ0) is 17.6. The van der Waals surface area contributed by atoms with E-state index < -0.39 is 0 Å². The summed E-state index contributed by atoms with van der Waals surface area (Å²) >= 11 is 0. The lowest BCUT2D eigenvalue weighted by Gasteiger charge is -2.32. The highest BCUT2D eigenvalue weighted by Crippen LogP contribution is 2.28. The Bertz CT molecular complexity index is 707. The lowest BCUT2D eigenvalue weighted by molar-refractivity contribution is 0.123. The number of piperidine rings is 1. The summed E-state index contributed by atoms with van der Waals surface area (Å²) in [5.74, 6) is 1.03. The fraction of sp³-hybridized carbons (Fsp3) is 0.400. The molecule has 4 nitrogen and oxygen atoms in total. The molecule has 0 saturated carbocycles. The van der Waals surface area contributed by atoms with Crippen LogP contribution in [0.15, 0.2) is 42.5 Å². The van der Waals surface area contributed by atoms with Crippen molar-refractivity contribution in [2.75, 3.05) is 26.8 Å². The molecule has 0 unspecified atom stereocenters. The number of ether oxygens (including phenoxy) is 2. The van der Waals surface area contributed by atoms with Crippen LogP contribution in [0, 0.1) is 11.7 Å². The van der Waals surface area contributed by atoms with Crippen LogP contribution in [0.25, 0.3) is 0 Å². The largest absolute Gasteiger partial charge is 0.504 e. The molecule has 0 aromatic heterocycles. The average Bonchev–Trinajstić information content (AvgIpc) is 2.62. The van der Waals surface area contributed by atoms with Gasteiger partial charge < -0.3 is 14.6 Å². The summed E-state index contributed by atoms with van der Waals surface area (Å²) in [6.45, 7) is 3.21. The molecule has 0 amide bonds. The number of aromatic hydroxyl groups is 1. The molecule has 1 heterocycles. The van der Waals surface area contributed by atoms with Crippen LogP contribution in [-0.4, -0.2) is 36.8 Å². The second-order valence-electron chi connectivity index (χ2n) is 6.49. The van der Waals surface area contributed by atoms with Gasteiger partial charge in [0.2, 0.25) is 0 Å². The topological polar surface area (TPSA) is 41.9 Å². The molecule has 2 aromatic carbocycles. The number of rotatable bonds is 6. The maximum absolute atomic E-state index is 13.6. The van der Waals surface area contributed by atoms with E-state index in [9.17, 15) is 9.50 Å². The first kappa shape index (κ1) is 17.5. The number of phenolic OH excluding ortho intramolecular Hbond substituents is 1. The maximum Gasteiger partial charge on any atom is 0.165 e. The molecule has 1 N–H and O–H groups in total. The molecule has 5 heteroatoms. The lowest BCUT2D eigenvalue weighted by atomic mass is 9.98. The van der Waals surface area contributed by atoms with Crippen molar-refractivity contribution in [1.82, 2.24) is 4.90 Å². The van der Waals surface area contributed by atoms with E-state index in [0.29, 0.717) is 24.0 Å². The average molecular weight is 345 g/mol. The van der Waals surface area contributed by atoms with Gasteiger partial charge in [-0.2, -0.15) is 0 Å². The van der Waals surface area contributed by atoms with Gasteiger partial charge in [0.1, 0.15) is 0 Å². The third-order valence-corrected chi connectivity index (χ3v) is 4.56. The van der Waals surface area contributed by atoms with Crippen LogP contribution in [0.1, 0.15) is 18.4 Å². The van der Waals surface area contributed by atoms with E-state index in [2.05, 4.69) is 4.90 Å². The molecule has 25 heavy (non-hydrogen) atoms. The number of benzene rings is 2. The Morgan fingerprint density at radius 2 is 2.04 bits per heavy atom. The summed E-state index contributed by atoms with van der Waals surface area (Å²) in [5.41, 5.74) is 1.05. The van der Waals surface area contributed by atoms with E-state index in [1.807, 2.05) is 6.07 Å². The number of hydrogen-bond acceptors (Lipinski definition) is 4. The lowest BCUT2D eigenvalue weighted by Crippen LogP contribution is -2.37. The molecule has 1 saturated heterocycles. The van der Waals surface area contributed by atoms with Crippen molar-refractivity contribution in [2.45, 2.75) is 19.4 Å². The zero-order valence-corrected chi connectivity index (χ0v) is 14.5. The van der Waals surface area contributed by atoms with Gasteiger partial charge in [-0.3, -0.25) is 4.90 Å². The Hall–Kier alpha value is -2.27. The number of nitrogens with zero attached hydrogens (tertiary/aromatic N) is 1. The first-order valence-electron chi connectivity index (χ1n) is 8.61.